The summed E-state index contributed by atoms with van der Waals surface area (Å²) in [5, 5.41) is 9.41. The van der Waals surface area contributed by atoms with Crippen LogP contribution < -0.4 is 4.90 Å². The number of allylic oxidation sites excluding steroid dienone is 4. The van der Waals surface area contributed by atoms with E-state index in [9.17, 15) is 4.39 Å². The van der Waals surface area contributed by atoms with Crippen LogP contribution in [0.2, 0.25) is 0 Å². The molecule has 0 N–H and O–H groups in total. The molecule has 2 aromatic heterocycles. The van der Waals surface area contributed by atoms with Crippen LogP contribution >= 0.6 is 46.3 Å². The van der Waals surface area contributed by atoms with Crippen molar-refractivity contribution in [1.82, 2.24) is 25.1 Å². The molecular formula is C19H21Cl2FN6S2. The SMILES string of the molecule is C=C/C(Cl)=C(CSc1nnc(-c2cncc(N3CCN(C)CC3)n2)s1)\C(Cl)=C(/C)F. The molecule has 11 heteroatoms. The third-order valence-electron chi connectivity index (χ3n) is 4.45. The second-order valence-corrected chi connectivity index (χ2v) is 9.58. The number of aromatic nitrogens is 4. The number of likely N-dealkylation sites (N-methyl/N-ethyl adjacent to an activating group) is 1. The largest absolute Gasteiger partial charge is 0.353 e. The lowest BCUT2D eigenvalue weighted by molar-refractivity contribution is 0.312. The van der Waals surface area contributed by atoms with Gasteiger partial charge in [0.1, 0.15) is 17.3 Å². The molecular weight excluding hydrogens is 466 g/mol. The minimum absolute atomic E-state index is 0.0112. The van der Waals surface area contributed by atoms with Crippen LogP contribution in [0.4, 0.5) is 10.2 Å². The van der Waals surface area contributed by atoms with Crippen molar-refractivity contribution in [3.05, 3.63) is 46.5 Å². The Kier molecular flexibility index (Phi) is 8.24. The van der Waals surface area contributed by atoms with Gasteiger partial charge in [-0.2, -0.15) is 0 Å². The highest BCUT2D eigenvalue weighted by molar-refractivity contribution is 8.01. The number of piperazine rings is 1. The molecule has 0 bridgehead atoms. The van der Waals surface area contributed by atoms with Gasteiger partial charge in [0.25, 0.3) is 0 Å². The number of nitrogens with zero attached hydrogens (tertiary/aromatic N) is 6. The van der Waals surface area contributed by atoms with E-state index in [4.69, 9.17) is 28.2 Å². The van der Waals surface area contributed by atoms with E-state index in [0.29, 0.717) is 31.4 Å². The standard InChI is InChI=1S/C19H21Cl2FN6S2/c1-4-14(20)13(17(21)12(2)22)11-29-19-26-25-18(30-19)15-9-23-10-16(24-15)28-7-5-27(3)6-8-28/h4,9-10H,1,5-8,11H2,2-3H3/b14-13+,17-12-. The van der Waals surface area contributed by atoms with Gasteiger partial charge in [-0.15, -0.1) is 10.2 Å². The molecule has 0 unspecified atom stereocenters. The maximum Gasteiger partial charge on any atom is 0.175 e. The number of thioether (sulfide) groups is 1. The van der Waals surface area contributed by atoms with Gasteiger partial charge in [0, 0.05) is 42.5 Å². The monoisotopic (exact) mass is 486 g/mol. The zero-order valence-corrected chi connectivity index (χ0v) is 19.8. The summed E-state index contributed by atoms with van der Waals surface area (Å²) in [7, 11) is 2.11. The van der Waals surface area contributed by atoms with E-state index in [2.05, 4.69) is 38.6 Å². The third kappa shape index (κ3) is 5.79. The van der Waals surface area contributed by atoms with Crippen LogP contribution in [0.1, 0.15) is 6.92 Å². The topological polar surface area (TPSA) is 58.0 Å². The Morgan fingerprint density at radius 2 is 2.00 bits per heavy atom. The first-order valence-corrected chi connectivity index (χ1v) is 11.7. The van der Waals surface area contributed by atoms with Crippen molar-refractivity contribution in [1.29, 1.82) is 0 Å². The quantitative estimate of drug-likeness (QED) is 0.404. The van der Waals surface area contributed by atoms with Crippen molar-refractivity contribution in [3.8, 4) is 10.7 Å². The van der Waals surface area contributed by atoms with E-state index in [1.807, 2.05) is 0 Å². The molecule has 0 aliphatic carbocycles. The zero-order valence-electron chi connectivity index (χ0n) is 16.6. The second-order valence-electron chi connectivity index (χ2n) is 6.59. The predicted molar refractivity (Wildman–Crippen MR) is 124 cm³/mol. The molecule has 0 saturated carbocycles. The van der Waals surface area contributed by atoms with Crippen molar-refractivity contribution >= 4 is 52.1 Å². The van der Waals surface area contributed by atoms with Gasteiger partial charge < -0.3 is 9.80 Å². The molecule has 0 atom stereocenters. The van der Waals surface area contributed by atoms with Gasteiger partial charge in [-0.1, -0.05) is 59.0 Å². The smallest absolute Gasteiger partial charge is 0.175 e. The summed E-state index contributed by atoms with van der Waals surface area (Å²) in [5.41, 5.74) is 1.14. The Hall–Kier alpha value is -1.52. The van der Waals surface area contributed by atoms with Gasteiger partial charge in [-0.3, -0.25) is 4.98 Å². The molecule has 0 radical (unpaired) electrons. The molecule has 1 aliphatic rings. The van der Waals surface area contributed by atoms with Crippen molar-refractivity contribution in [2.24, 2.45) is 0 Å². The summed E-state index contributed by atoms with van der Waals surface area (Å²) in [6, 6.07) is 0. The van der Waals surface area contributed by atoms with E-state index < -0.39 is 5.83 Å². The van der Waals surface area contributed by atoms with E-state index in [1.54, 1.807) is 12.4 Å². The highest BCUT2D eigenvalue weighted by atomic mass is 35.5. The molecule has 1 fully saturated rings. The molecule has 30 heavy (non-hydrogen) atoms. The first-order chi connectivity index (χ1) is 14.4. The number of hydrogen-bond donors (Lipinski definition) is 0. The summed E-state index contributed by atoms with van der Waals surface area (Å²) in [4.78, 5) is 13.5. The fourth-order valence-corrected chi connectivity index (χ4v) is 5.10. The van der Waals surface area contributed by atoms with Crippen molar-refractivity contribution < 1.29 is 4.39 Å². The van der Waals surface area contributed by atoms with Crippen molar-refractivity contribution in [3.63, 3.8) is 0 Å². The lowest BCUT2D eigenvalue weighted by Crippen LogP contribution is -2.44. The number of halogens is 3. The van der Waals surface area contributed by atoms with E-state index in [0.717, 1.165) is 32.0 Å². The maximum absolute atomic E-state index is 13.6. The van der Waals surface area contributed by atoms with Crippen LogP contribution in [0.5, 0.6) is 0 Å². The highest BCUT2D eigenvalue weighted by Crippen LogP contribution is 2.34. The van der Waals surface area contributed by atoms with Crippen LogP contribution in [-0.4, -0.2) is 64.0 Å². The van der Waals surface area contributed by atoms with Gasteiger partial charge in [0.05, 0.1) is 17.4 Å². The maximum atomic E-state index is 13.6. The molecule has 2 aromatic rings. The van der Waals surface area contributed by atoms with Crippen molar-refractivity contribution in [2.75, 3.05) is 43.9 Å². The Morgan fingerprint density at radius 3 is 2.67 bits per heavy atom. The van der Waals surface area contributed by atoms with Gasteiger partial charge in [-0.25, -0.2) is 9.37 Å². The summed E-state index contributed by atoms with van der Waals surface area (Å²) < 4.78 is 14.3. The minimum atomic E-state index is -0.499. The highest BCUT2D eigenvalue weighted by Gasteiger charge is 2.18. The Labute approximate surface area is 193 Å². The Balaban J connectivity index is 1.73. The molecule has 6 nitrogen and oxygen atoms in total. The van der Waals surface area contributed by atoms with Gasteiger partial charge in [-0.05, 0) is 14.0 Å². The van der Waals surface area contributed by atoms with Crippen LogP contribution in [0.15, 0.2) is 50.9 Å². The molecule has 0 amide bonds. The lowest BCUT2D eigenvalue weighted by Gasteiger charge is -2.33. The van der Waals surface area contributed by atoms with Crippen LogP contribution in [0.25, 0.3) is 10.7 Å². The molecule has 1 saturated heterocycles. The van der Waals surface area contributed by atoms with Gasteiger partial charge >= 0.3 is 0 Å². The number of anilines is 1. The average molecular weight is 487 g/mol. The lowest BCUT2D eigenvalue weighted by atomic mass is 10.2. The van der Waals surface area contributed by atoms with Crippen LogP contribution in [-0.2, 0) is 0 Å². The number of rotatable bonds is 7. The molecule has 3 rings (SSSR count). The van der Waals surface area contributed by atoms with E-state index in [-0.39, 0.29) is 5.03 Å². The summed E-state index contributed by atoms with van der Waals surface area (Å²) >= 11 is 15.0. The molecule has 160 valence electrons. The third-order valence-corrected chi connectivity index (χ3v) is 7.43. The summed E-state index contributed by atoms with van der Waals surface area (Å²) in [6.45, 7) is 8.71. The van der Waals surface area contributed by atoms with E-state index >= 15 is 0 Å². The Morgan fingerprint density at radius 1 is 1.27 bits per heavy atom. The first-order valence-electron chi connectivity index (χ1n) is 9.14. The summed E-state index contributed by atoms with van der Waals surface area (Å²) in [6.07, 6.45) is 4.89. The molecule has 3 heterocycles. The zero-order chi connectivity index (χ0) is 21.7. The summed E-state index contributed by atoms with van der Waals surface area (Å²) in [5.74, 6) is 0.677. The van der Waals surface area contributed by atoms with Gasteiger partial charge in [0.15, 0.2) is 9.35 Å². The van der Waals surface area contributed by atoms with E-state index in [1.165, 1.54) is 36.1 Å². The Bertz CT molecular complexity index is 965. The number of hydrogen-bond acceptors (Lipinski definition) is 8. The fraction of sp³-hybridized carbons (Fsp3) is 0.368. The normalized spacial score (nSPS) is 16.9. The first kappa shape index (κ1) is 23.1. The second kappa shape index (κ2) is 10.7. The molecule has 0 spiro atoms. The van der Waals surface area contributed by atoms with Gasteiger partial charge in [0.2, 0.25) is 0 Å². The van der Waals surface area contributed by atoms with Crippen LogP contribution in [0, 0.1) is 0 Å². The predicted octanol–water partition coefficient (Wildman–Crippen LogP) is 4.96. The average Bonchev–Trinajstić information content (AvgIpc) is 3.23. The van der Waals surface area contributed by atoms with Crippen LogP contribution in [0.3, 0.4) is 0 Å². The molecule has 0 aromatic carbocycles. The fourth-order valence-electron chi connectivity index (χ4n) is 2.72. The molecule has 1 aliphatic heterocycles. The van der Waals surface area contributed by atoms with Crippen molar-refractivity contribution in [2.45, 2.75) is 11.3 Å². The minimum Gasteiger partial charge on any atom is -0.353 e.